The van der Waals surface area contributed by atoms with Crippen LogP contribution in [-0.4, -0.2) is 22.8 Å². The topological polar surface area (TPSA) is 20.3 Å². The van der Waals surface area contributed by atoms with Crippen LogP contribution in [0, 0.1) is 5.92 Å². The monoisotopic (exact) mass is 283 g/mol. The number of benzene rings is 1. The molecule has 2 atom stereocenters. The second-order valence-electron chi connectivity index (χ2n) is 6.47. The van der Waals surface area contributed by atoms with E-state index in [2.05, 4.69) is 35.2 Å². The number of hydrogen-bond acceptors (Lipinski definition) is 2. The van der Waals surface area contributed by atoms with Gasteiger partial charge in [0.05, 0.1) is 0 Å². The van der Waals surface area contributed by atoms with Crippen molar-refractivity contribution >= 4 is 5.78 Å². The molecule has 0 N–H and O–H groups in total. The Bertz CT molecular complexity index is 494. The minimum Gasteiger partial charge on any atom is -0.295 e. The average molecular weight is 283 g/mol. The molecule has 2 nitrogen and oxygen atoms in total. The molecule has 0 radical (unpaired) electrons. The van der Waals surface area contributed by atoms with Crippen LogP contribution in [0.25, 0.3) is 0 Å². The molecule has 2 heterocycles. The Morgan fingerprint density at radius 2 is 1.86 bits per heavy atom. The molecule has 1 aromatic rings. The van der Waals surface area contributed by atoms with Crippen molar-refractivity contribution in [3.05, 3.63) is 48.0 Å². The third-order valence-corrected chi connectivity index (χ3v) is 5.07. The first-order valence-corrected chi connectivity index (χ1v) is 8.24. The van der Waals surface area contributed by atoms with Crippen LogP contribution in [-0.2, 0) is 11.3 Å². The van der Waals surface area contributed by atoms with Crippen LogP contribution >= 0.6 is 0 Å². The summed E-state index contributed by atoms with van der Waals surface area (Å²) in [6, 6.07) is 11.9. The summed E-state index contributed by atoms with van der Waals surface area (Å²) in [5, 5.41) is 0. The Hall–Kier alpha value is -1.41. The molecule has 2 unspecified atom stereocenters. The van der Waals surface area contributed by atoms with E-state index in [0.717, 1.165) is 19.4 Å². The largest absolute Gasteiger partial charge is 0.295 e. The molecule has 2 bridgehead atoms. The predicted octanol–water partition coefficient (Wildman–Crippen LogP) is 3.96. The Labute approximate surface area is 127 Å². The SMILES string of the molecule is C/C=C\C(=O)C1CC2CCCC(C1)N2Cc1ccccc1. The maximum Gasteiger partial charge on any atom is 0.158 e. The van der Waals surface area contributed by atoms with Crippen molar-refractivity contribution in [2.24, 2.45) is 5.92 Å². The molecule has 0 spiro atoms. The van der Waals surface area contributed by atoms with Gasteiger partial charge in [-0.25, -0.2) is 0 Å². The molecule has 2 fully saturated rings. The Balaban J connectivity index is 1.71. The lowest BCUT2D eigenvalue weighted by molar-refractivity contribution is -0.122. The number of allylic oxidation sites excluding steroid dienone is 2. The van der Waals surface area contributed by atoms with E-state index in [1.165, 1.54) is 24.8 Å². The third kappa shape index (κ3) is 3.26. The number of carbonyl (C=O) groups excluding carboxylic acids is 1. The van der Waals surface area contributed by atoms with E-state index in [-0.39, 0.29) is 5.92 Å². The summed E-state index contributed by atoms with van der Waals surface area (Å²) in [5.74, 6) is 0.595. The molecule has 2 aliphatic heterocycles. The minimum absolute atomic E-state index is 0.253. The molecule has 0 saturated carbocycles. The van der Waals surface area contributed by atoms with Gasteiger partial charge in [0.1, 0.15) is 0 Å². The van der Waals surface area contributed by atoms with E-state index in [9.17, 15) is 4.79 Å². The van der Waals surface area contributed by atoms with Crippen LogP contribution in [0.2, 0.25) is 0 Å². The van der Waals surface area contributed by atoms with Gasteiger partial charge in [0.25, 0.3) is 0 Å². The molecule has 0 aliphatic carbocycles. The molecule has 112 valence electrons. The van der Waals surface area contributed by atoms with E-state index in [4.69, 9.17) is 0 Å². The first-order valence-electron chi connectivity index (χ1n) is 8.24. The Morgan fingerprint density at radius 1 is 1.19 bits per heavy atom. The summed E-state index contributed by atoms with van der Waals surface area (Å²) in [5.41, 5.74) is 1.40. The normalized spacial score (nSPS) is 29.7. The van der Waals surface area contributed by atoms with Crippen molar-refractivity contribution in [3.8, 4) is 0 Å². The van der Waals surface area contributed by atoms with Crippen molar-refractivity contribution in [1.82, 2.24) is 4.90 Å². The second kappa shape index (κ2) is 6.57. The lowest BCUT2D eigenvalue weighted by atomic mass is 9.76. The van der Waals surface area contributed by atoms with Gasteiger partial charge < -0.3 is 0 Å². The van der Waals surface area contributed by atoms with Gasteiger partial charge in [-0.15, -0.1) is 0 Å². The van der Waals surface area contributed by atoms with Gasteiger partial charge in [-0.05, 0) is 44.2 Å². The summed E-state index contributed by atoms with van der Waals surface area (Å²) in [7, 11) is 0. The summed E-state index contributed by atoms with van der Waals surface area (Å²) in [4.78, 5) is 14.9. The second-order valence-corrected chi connectivity index (χ2v) is 6.47. The fourth-order valence-corrected chi connectivity index (χ4v) is 4.06. The first-order chi connectivity index (χ1) is 10.3. The number of hydrogen-bond donors (Lipinski definition) is 0. The van der Waals surface area contributed by atoms with E-state index in [0.29, 0.717) is 17.9 Å². The zero-order valence-corrected chi connectivity index (χ0v) is 12.9. The van der Waals surface area contributed by atoms with E-state index in [1.807, 2.05) is 13.0 Å². The average Bonchev–Trinajstić information content (AvgIpc) is 2.48. The highest BCUT2D eigenvalue weighted by molar-refractivity contribution is 5.91. The molecule has 2 heteroatoms. The highest BCUT2D eigenvalue weighted by Gasteiger charge is 2.39. The number of nitrogens with zero attached hydrogens (tertiary/aromatic N) is 1. The maximum atomic E-state index is 12.2. The van der Waals surface area contributed by atoms with E-state index < -0.39 is 0 Å². The molecular formula is C19H25NO. The van der Waals surface area contributed by atoms with Crippen LogP contribution < -0.4 is 0 Å². The number of rotatable bonds is 4. The fraction of sp³-hybridized carbons (Fsp3) is 0.526. The lowest BCUT2D eigenvalue weighted by Crippen LogP contribution is -2.52. The molecule has 2 aliphatic rings. The summed E-state index contributed by atoms with van der Waals surface area (Å²) in [6.45, 7) is 2.98. The lowest BCUT2D eigenvalue weighted by Gasteiger charge is -2.48. The van der Waals surface area contributed by atoms with Crippen LogP contribution in [0.3, 0.4) is 0 Å². The van der Waals surface area contributed by atoms with Gasteiger partial charge >= 0.3 is 0 Å². The molecule has 1 aromatic carbocycles. The Morgan fingerprint density at radius 3 is 2.48 bits per heavy atom. The van der Waals surface area contributed by atoms with Gasteiger partial charge in [0.2, 0.25) is 0 Å². The number of piperidine rings is 2. The van der Waals surface area contributed by atoms with Gasteiger partial charge in [-0.3, -0.25) is 9.69 Å². The van der Waals surface area contributed by atoms with Gasteiger partial charge in [0, 0.05) is 24.5 Å². The smallest absolute Gasteiger partial charge is 0.158 e. The van der Waals surface area contributed by atoms with Crippen LogP contribution in [0.1, 0.15) is 44.6 Å². The van der Waals surface area contributed by atoms with E-state index >= 15 is 0 Å². The zero-order chi connectivity index (χ0) is 14.7. The van der Waals surface area contributed by atoms with Crippen molar-refractivity contribution in [2.45, 2.75) is 57.7 Å². The highest BCUT2D eigenvalue weighted by Crippen LogP contribution is 2.38. The maximum absolute atomic E-state index is 12.2. The fourth-order valence-electron chi connectivity index (χ4n) is 4.06. The van der Waals surface area contributed by atoms with Crippen LogP contribution in [0.15, 0.2) is 42.5 Å². The van der Waals surface area contributed by atoms with Gasteiger partial charge in [-0.1, -0.05) is 42.8 Å². The van der Waals surface area contributed by atoms with Gasteiger partial charge in [-0.2, -0.15) is 0 Å². The van der Waals surface area contributed by atoms with Crippen molar-refractivity contribution in [3.63, 3.8) is 0 Å². The standard InChI is InChI=1S/C19H25NO/c1-2-7-19(21)16-12-17-10-6-11-18(13-16)20(17)14-15-8-4-3-5-9-15/h2-5,7-9,16-18H,6,10-14H2,1H3/b7-2-. The van der Waals surface area contributed by atoms with Crippen LogP contribution in [0.5, 0.6) is 0 Å². The number of carbonyl (C=O) groups is 1. The molecule has 2 saturated heterocycles. The molecule has 0 aromatic heterocycles. The Kier molecular flexibility index (Phi) is 4.54. The van der Waals surface area contributed by atoms with Crippen molar-refractivity contribution in [1.29, 1.82) is 0 Å². The molecule has 3 rings (SSSR count). The summed E-state index contributed by atoms with van der Waals surface area (Å²) >= 11 is 0. The predicted molar refractivity (Wildman–Crippen MR) is 86.0 cm³/mol. The van der Waals surface area contributed by atoms with E-state index in [1.54, 1.807) is 6.08 Å². The quantitative estimate of drug-likeness (QED) is 0.779. The number of ketones is 1. The van der Waals surface area contributed by atoms with Gasteiger partial charge in [0.15, 0.2) is 5.78 Å². The van der Waals surface area contributed by atoms with Crippen molar-refractivity contribution in [2.75, 3.05) is 0 Å². The van der Waals surface area contributed by atoms with Crippen LogP contribution in [0.4, 0.5) is 0 Å². The molecule has 21 heavy (non-hydrogen) atoms. The number of fused-ring (bicyclic) bond motifs is 2. The highest BCUT2D eigenvalue weighted by atomic mass is 16.1. The zero-order valence-electron chi connectivity index (χ0n) is 12.9. The first kappa shape index (κ1) is 14.5. The molecule has 0 amide bonds. The summed E-state index contributed by atoms with van der Waals surface area (Å²) in [6.07, 6.45) is 9.58. The third-order valence-electron chi connectivity index (χ3n) is 5.07. The minimum atomic E-state index is 0.253. The summed E-state index contributed by atoms with van der Waals surface area (Å²) < 4.78 is 0. The van der Waals surface area contributed by atoms with Crippen molar-refractivity contribution < 1.29 is 4.79 Å². The molecular weight excluding hydrogens is 258 g/mol.